The average Bonchev–Trinajstić information content (AvgIpc) is 2.28. The van der Waals surface area contributed by atoms with E-state index in [1.807, 2.05) is 6.92 Å². The molecule has 0 spiro atoms. The summed E-state index contributed by atoms with van der Waals surface area (Å²) >= 11 is 3.39. The Morgan fingerprint density at radius 1 is 1.56 bits per heavy atom. The fourth-order valence-electron chi connectivity index (χ4n) is 2.01. The van der Waals surface area contributed by atoms with Crippen LogP contribution in [0.2, 0.25) is 0 Å². The number of nitro groups is 1. The third-order valence-electron chi connectivity index (χ3n) is 3.02. The van der Waals surface area contributed by atoms with Crippen LogP contribution in [-0.2, 0) is 4.74 Å². The quantitative estimate of drug-likeness (QED) is 0.668. The summed E-state index contributed by atoms with van der Waals surface area (Å²) in [4.78, 5) is 10.3. The van der Waals surface area contributed by atoms with Crippen molar-refractivity contribution in [3.63, 3.8) is 0 Å². The maximum atomic E-state index is 10.7. The van der Waals surface area contributed by atoms with Gasteiger partial charge in [0.25, 0.3) is 5.69 Å². The van der Waals surface area contributed by atoms with E-state index in [4.69, 9.17) is 4.74 Å². The molecule has 1 aliphatic rings. The molecule has 18 heavy (non-hydrogen) atoms. The maximum absolute atomic E-state index is 10.7. The Kier molecular flexibility index (Phi) is 4.19. The molecule has 6 heteroatoms. The van der Waals surface area contributed by atoms with Crippen LogP contribution >= 0.6 is 15.9 Å². The van der Waals surface area contributed by atoms with Crippen molar-refractivity contribution in [3.05, 3.63) is 32.8 Å². The standard InChI is InChI=1S/C12H15BrN2O3/c1-2-18-10-5-8(6-10)14-12-7-9(15(16)17)3-4-11(12)13/h3-4,7-8,10,14H,2,5-6H2,1H3. The molecule has 0 bridgehead atoms. The molecule has 0 aromatic heterocycles. The van der Waals surface area contributed by atoms with E-state index in [9.17, 15) is 10.1 Å². The predicted molar refractivity (Wildman–Crippen MR) is 72.9 cm³/mol. The zero-order valence-electron chi connectivity index (χ0n) is 10.1. The van der Waals surface area contributed by atoms with Gasteiger partial charge in [0, 0.05) is 29.3 Å². The van der Waals surface area contributed by atoms with Crippen LogP contribution in [0.3, 0.4) is 0 Å². The lowest BCUT2D eigenvalue weighted by molar-refractivity contribution is -0.384. The number of rotatable bonds is 5. The van der Waals surface area contributed by atoms with Crippen LogP contribution < -0.4 is 5.32 Å². The summed E-state index contributed by atoms with van der Waals surface area (Å²) in [7, 11) is 0. The lowest BCUT2D eigenvalue weighted by Gasteiger charge is -2.36. The molecule has 0 radical (unpaired) electrons. The lowest BCUT2D eigenvalue weighted by atomic mass is 9.89. The molecule has 98 valence electrons. The maximum Gasteiger partial charge on any atom is 0.271 e. The Balaban J connectivity index is 1.97. The van der Waals surface area contributed by atoms with Gasteiger partial charge in [-0.15, -0.1) is 0 Å². The van der Waals surface area contributed by atoms with E-state index in [2.05, 4.69) is 21.2 Å². The van der Waals surface area contributed by atoms with E-state index >= 15 is 0 Å². The molecule has 0 unspecified atom stereocenters. The van der Waals surface area contributed by atoms with Gasteiger partial charge < -0.3 is 10.1 Å². The smallest absolute Gasteiger partial charge is 0.271 e. The minimum absolute atomic E-state index is 0.0985. The van der Waals surface area contributed by atoms with Crippen LogP contribution in [0.15, 0.2) is 22.7 Å². The molecule has 1 fully saturated rings. The highest BCUT2D eigenvalue weighted by molar-refractivity contribution is 9.10. The summed E-state index contributed by atoms with van der Waals surface area (Å²) in [5.74, 6) is 0. The van der Waals surface area contributed by atoms with Crippen molar-refractivity contribution in [2.24, 2.45) is 0 Å². The van der Waals surface area contributed by atoms with E-state index in [0.29, 0.717) is 12.1 Å². The zero-order valence-corrected chi connectivity index (χ0v) is 11.6. The minimum Gasteiger partial charge on any atom is -0.381 e. The van der Waals surface area contributed by atoms with Gasteiger partial charge >= 0.3 is 0 Å². The van der Waals surface area contributed by atoms with Gasteiger partial charge in [-0.25, -0.2) is 0 Å². The fraction of sp³-hybridized carbons (Fsp3) is 0.500. The lowest BCUT2D eigenvalue weighted by Crippen LogP contribution is -2.40. The summed E-state index contributed by atoms with van der Waals surface area (Å²) in [6, 6.07) is 5.07. The van der Waals surface area contributed by atoms with Crippen LogP contribution in [-0.4, -0.2) is 23.7 Å². The molecule has 1 N–H and O–H groups in total. The van der Waals surface area contributed by atoms with E-state index in [1.54, 1.807) is 12.1 Å². The van der Waals surface area contributed by atoms with Gasteiger partial charge in [0.1, 0.15) is 0 Å². The number of ether oxygens (including phenoxy) is 1. The molecule has 1 saturated carbocycles. The third kappa shape index (κ3) is 3.00. The van der Waals surface area contributed by atoms with Gasteiger partial charge in [-0.05, 0) is 41.8 Å². The fourth-order valence-corrected chi connectivity index (χ4v) is 2.37. The molecule has 1 aliphatic carbocycles. The first-order valence-electron chi connectivity index (χ1n) is 5.92. The van der Waals surface area contributed by atoms with Crippen LogP contribution in [0.1, 0.15) is 19.8 Å². The van der Waals surface area contributed by atoms with Crippen LogP contribution in [0, 0.1) is 10.1 Å². The number of nitrogens with zero attached hydrogens (tertiary/aromatic N) is 1. The second-order valence-electron chi connectivity index (χ2n) is 4.31. The van der Waals surface area contributed by atoms with Crippen molar-refractivity contribution in [1.82, 2.24) is 0 Å². The molecule has 0 saturated heterocycles. The average molecular weight is 315 g/mol. The number of anilines is 1. The zero-order chi connectivity index (χ0) is 13.1. The Labute approximate surface area is 114 Å². The minimum atomic E-state index is -0.388. The van der Waals surface area contributed by atoms with Gasteiger partial charge in [-0.1, -0.05) is 0 Å². The molecule has 0 aliphatic heterocycles. The first-order valence-corrected chi connectivity index (χ1v) is 6.71. The first kappa shape index (κ1) is 13.3. The summed E-state index contributed by atoms with van der Waals surface area (Å²) in [5, 5.41) is 14.0. The van der Waals surface area contributed by atoms with Crippen LogP contribution in [0.5, 0.6) is 0 Å². The van der Waals surface area contributed by atoms with Crippen molar-refractivity contribution in [2.45, 2.75) is 31.9 Å². The Morgan fingerprint density at radius 2 is 2.28 bits per heavy atom. The molecule has 0 atom stereocenters. The van der Waals surface area contributed by atoms with E-state index in [1.165, 1.54) is 6.07 Å². The number of non-ortho nitro benzene ring substituents is 1. The van der Waals surface area contributed by atoms with Gasteiger partial charge in [0.15, 0.2) is 0 Å². The van der Waals surface area contributed by atoms with Crippen molar-refractivity contribution in [1.29, 1.82) is 0 Å². The second kappa shape index (κ2) is 5.67. The van der Waals surface area contributed by atoms with Crippen molar-refractivity contribution < 1.29 is 9.66 Å². The van der Waals surface area contributed by atoms with Gasteiger partial charge in [0.2, 0.25) is 0 Å². The third-order valence-corrected chi connectivity index (χ3v) is 3.71. The predicted octanol–water partition coefficient (Wildman–Crippen LogP) is 3.34. The molecule has 1 aromatic carbocycles. The SMILES string of the molecule is CCOC1CC(Nc2cc([N+](=O)[O-])ccc2Br)C1. The van der Waals surface area contributed by atoms with Crippen molar-refractivity contribution in [2.75, 3.05) is 11.9 Å². The number of benzene rings is 1. The molecular formula is C12H15BrN2O3. The van der Waals surface area contributed by atoms with E-state index in [-0.39, 0.29) is 10.6 Å². The van der Waals surface area contributed by atoms with Gasteiger partial charge in [-0.3, -0.25) is 10.1 Å². The summed E-state index contributed by atoms with van der Waals surface area (Å²) in [6.07, 6.45) is 2.22. The van der Waals surface area contributed by atoms with Gasteiger partial charge in [-0.2, -0.15) is 0 Å². The summed E-state index contributed by atoms with van der Waals surface area (Å²) < 4.78 is 6.32. The largest absolute Gasteiger partial charge is 0.381 e. The molecule has 1 aromatic rings. The molecule has 0 heterocycles. The normalized spacial score (nSPS) is 22.3. The van der Waals surface area contributed by atoms with Crippen molar-refractivity contribution in [3.8, 4) is 0 Å². The topological polar surface area (TPSA) is 64.4 Å². The number of nitrogens with one attached hydrogen (secondary N) is 1. The van der Waals surface area contributed by atoms with E-state index < -0.39 is 0 Å². The monoisotopic (exact) mass is 314 g/mol. The van der Waals surface area contributed by atoms with E-state index in [0.717, 1.165) is 29.6 Å². The summed E-state index contributed by atoms with van der Waals surface area (Å²) in [5.41, 5.74) is 0.866. The highest BCUT2D eigenvalue weighted by atomic mass is 79.9. The second-order valence-corrected chi connectivity index (χ2v) is 5.17. The summed E-state index contributed by atoms with van der Waals surface area (Å²) in [6.45, 7) is 2.72. The molecule has 0 amide bonds. The first-order chi connectivity index (χ1) is 8.60. The van der Waals surface area contributed by atoms with Gasteiger partial charge in [0.05, 0.1) is 16.7 Å². The number of hydrogen-bond acceptors (Lipinski definition) is 4. The van der Waals surface area contributed by atoms with Crippen molar-refractivity contribution >= 4 is 27.3 Å². The van der Waals surface area contributed by atoms with Crippen LogP contribution in [0.25, 0.3) is 0 Å². The highest BCUT2D eigenvalue weighted by Gasteiger charge is 2.29. The van der Waals surface area contributed by atoms with Crippen LogP contribution in [0.4, 0.5) is 11.4 Å². The Morgan fingerprint density at radius 3 is 2.89 bits per heavy atom. The molecular weight excluding hydrogens is 300 g/mol. The number of nitro benzene ring substituents is 1. The highest BCUT2D eigenvalue weighted by Crippen LogP contribution is 2.32. The number of halogens is 1. The Bertz CT molecular complexity index is 447. The molecule has 2 rings (SSSR count). The molecule has 5 nitrogen and oxygen atoms in total. The Hall–Kier alpha value is -1.14. The number of hydrogen-bond donors (Lipinski definition) is 1.